The van der Waals surface area contributed by atoms with Gasteiger partial charge in [0.25, 0.3) is 0 Å². The second-order valence-electron chi connectivity index (χ2n) is 9.11. The highest BCUT2D eigenvalue weighted by atomic mass is 32.2. The number of thioether (sulfide) groups is 1. The zero-order valence-electron chi connectivity index (χ0n) is 20.9. The van der Waals surface area contributed by atoms with Crippen molar-refractivity contribution in [1.82, 2.24) is 0 Å². The van der Waals surface area contributed by atoms with Crippen LogP contribution in [0.5, 0.6) is 0 Å². The zero-order chi connectivity index (χ0) is 26.7. The molecule has 2 aromatic rings. The summed E-state index contributed by atoms with van der Waals surface area (Å²) in [4.78, 5) is 14.1. The number of alkyl halides is 3. The van der Waals surface area contributed by atoms with E-state index in [4.69, 9.17) is 4.18 Å². The second-order valence-corrected chi connectivity index (χ2v) is 11.9. The lowest BCUT2D eigenvalue weighted by Gasteiger charge is -2.28. The van der Waals surface area contributed by atoms with Gasteiger partial charge in [-0.25, -0.2) is 0 Å². The van der Waals surface area contributed by atoms with E-state index in [1.807, 2.05) is 32.9 Å². The molecule has 4 nitrogen and oxygen atoms in total. The molecule has 1 unspecified atom stereocenters. The predicted molar refractivity (Wildman–Crippen MR) is 137 cm³/mol. The first kappa shape index (κ1) is 28.3. The van der Waals surface area contributed by atoms with Gasteiger partial charge in [-0.2, -0.15) is 21.6 Å². The van der Waals surface area contributed by atoms with Crippen molar-refractivity contribution >= 4 is 33.2 Å². The Labute approximate surface area is 215 Å². The van der Waals surface area contributed by atoms with Gasteiger partial charge in [-0.05, 0) is 78.8 Å². The van der Waals surface area contributed by atoms with Gasteiger partial charge >= 0.3 is 16.3 Å². The number of carbonyl (C=O) groups excluding carboxylic acids is 1. The third-order valence-corrected chi connectivity index (χ3v) is 7.74. The molecular formula is C27H31F3O4S2. The van der Waals surface area contributed by atoms with E-state index in [1.165, 1.54) is 23.9 Å². The maximum absolute atomic E-state index is 13.4. The SMILES string of the molecule is CCc1cc(C)cc(CC)c1C1=C(OS(C)(=O)=O)CC(CCSc2ccc(C(F)(F)F)cc2)CC1=O. The van der Waals surface area contributed by atoms with E-state index in [2.05, 4.69) is 0 Å². The van der Waals surface area contributed by atoms with Gasteiger partial charge in [0.2, 0.25) is 0 Å². The Bertz CT molecular complexity index is 1220. The number of rotatable bonds is 9. The van der Waals surface area contributed by atoms with Crippen LogP contribution in [0.2, 0.25) is 0 Å². The van der Waals surface area contributed by atoms with Crippen molar-refractivity contribution in [1.29, 1.82) is 0 Å². The van der Waals surface area contributed by atoms with Crippen LogP contribution in [0.1, 0.15) is 60.9 Å². The Morgan fingerprint density at radius 1 is 1.03 bits per heavy atom. The number of allylic oxidation sites excluding steroid dienone is 2. The Kier molecular flexibility index (Phi) is 8.98. The average Bonchev–Trinajstić information content (AvgIpc) is 2.77. The van der Waals surface area contributed by atoms with Crippen molar-refractivity contribution in [3.05, 3.63) is 70.0 Å². The lowest BCUT2D eigenvalue weighted by molar-refractivity contribution is -0.137. The molecule has 0 N–H and O–H groups in total. The van der Waals surface area contributed by atoms with Crippen LogP contribution in [0.25, 0.3) is 5.57 Å². The van der Waals surface area contributed by atoms with Crippen molar-refractivity contribution in [3.8, 4) is 0 Å². The number of hydrogen-bond donors (Lipinski definition) is 0. The first-order valence-electron chi connectivity index (χ1n) is 11.9. The molecule has 0 aliphatic heterocycles. The normalized spacial score (nSPS) is 17.0. The summed E-state index contributed by atoms with van der Waals surface area (Å²) in [5.74, 6) is 0.500. The molecule has 0 aromatic heterocycles. The molecule has 0 spiro atoms. The molecule has 0 saturated heterocycles. The minimum atomic E-state index is -4.38. The van der Waals surface area contributed by atoms with Crippen LogP contribution in [0, 0.1) is 12.8 Å². The number of Topliss-reactive ketones (excluding diaryl/α,β-unsaturated/α-hetero) is 1. The van der Waals surface area contributed by atoms with Crippen molar-refractivity contribution in [2.75, 3.05) is 12.0 Å². The number of ketones is 1. The van der Waals surface area contributed by atoms with Gasteiger partial charge in [0.1, 0.15) is 5.76 Å². The van der Waals surface area contributed by atoms with E-state index in [9.17, 15) is 26.4 Å². The molecular weight excluding hydrogens is 509 g/mol. The Morgan fingerprint density at radius 2 is 1.61 bits per heavy atom. The van der Waals surface area contributed by atoms with Gasteiger partial charge in [-0.15, -0.1) is 11.8 Å². The first-order chi connectivity index (χ1) is 16.8. The third kappa shape index (κ3) is 7.16. The topological polar surface area (TPSA) is 60.4 Å². The molecule has 196 valence electrons. The van der Waals surface area contributed by atoms with Crippen LogP contribution in [-0.4, -0.2) is 26.2 Å². The van der Waals surface area contributed by atoms with E-state index in [1.54, 1.807) is 0 Å². The highest BCUT2D eigenvalue weighted by Crippen LogP contribution is 2.40. The van der Waals surface area contributed by atoms with Crippen molar-refractivity contribution < 1.29 is 30.6 Å². The maximum Gasteiger partial charge on any atom is 0.416 e. The quantitative estimate of drug-likeness (QED) is 0.254. The molecule has 36 heavy (non-hydrogen) atoms. The van der Waals surface area contributed by atoms with Crippen LogP contribution < -0.4 is 0 Å². The first-order valence-corrected chi connectivity index (χ1v) is 14.7. The van der Waals surface area contributed by atoms with Crippen molar-refractivity contribution in [2.45, 2.75) is 63.9 Å². The number of carbonyl (C=O) groups is 1. The summed E-state index contributed by atoms with van der Waals surface area (Å²) in [5.41, 5.74) is 3.51. The summed E-state index contributed by atoms with van der Waals surface area (Å²) in [7, 11) is -3.85. The van der Waals surface area contributed by atoms with Gasteiger partial charge < -0.3 is 4.18 Å². The van der Waals surface area contributed by atoms with E-state index < -0.39 is 21.9 Å². The van der Waals surface area contributed by atoms with Crippen LogP contribution in [0.15, 0.2) is 47.1 Å². The summed E-state index contributed by atoms with van der Waals surface area (Å²) in [5, 5.41) is 0. The van der Waals surface area contributed by atoms with Gasteiger partial charge in [0, 0.05) is 17.7 Å². The molecule has 0 radical (unpaired) electrons. The predicted octanol–water partition coefficient (Wildman–Crippen LogP) is 6.99. The van der Waals surface area contributed by atoms with Gasteiger partial charge in [0.05, 0.1) is 17.4 Å². The summed E-state index contributed by atoms with van der Waals surface area (Å²) >= 11 is 1.41. The van der Waals surface area contributed by atoms with E-state index in [0.29, 0.717) is 41.9 Å². The molecule has 1 atom stereocenters. The molecule has 2 aromatic carbocycles. The number of aryl methyl sites for hydroxylation is 3. The molecule has 0 saturated carbocycles. The largest absolute Gasteiger partial charge is 0.416 e. The molecule has 9 heteroatoms. The van der Waals surface area contributed by atoms with Gasteiger partial charge in [0.15, 0.2) is 5.78 Å². The maximum atomic E-state index is 13.4. The summed E-state index contributed by atoms with van der Waals surface area (Å²) < 4.78 is 67.9. The Balaban J connectivity index is 1.85. The summed E-state index contributed by atoms with van der Waals surface area (Å²) in [6, 6.07) is 9.03. The second kappa shape index (κ2) is 11.4. The molecule has 0 bridgehead atoms. The van der Waals surface area contributed by atoms with Crippen molar-refractivity contribution in [2.24, 2.45) is 5.92 Å². The van der Waals surface area contributed by atoms with E-state index in [0.717, 1.165) is 40.6 Å². The molecule has 1 aliphatic carbocycles. The summed E-state index contributed by atoms with van der Waals surface area (Å²) in [6.45, 7) is 6.01. The van der Waals surface area contributed by atoms with Crippen LogP contribution in [-0.2, 0) is 38.1 Å². The Hall–Kier alpha value is -2.26. The van der Waals surface area contributed by atoms with Crippen LogP contribution >= 0.6 is 11.8 Å². The standard InChI is InChI=1S/C27H31F3O4S2/c1-5-19-13-17(3)14-20(6-2)25(19)26-23(31)15-18(16-24(26)34-36(4,32)33)11-12-35-22-9-7-21(8-10-22)27(28,29)30/h7-10,13-14,18H,5-6,11-12,15-16H2,1-4H3. The van der Waals surface area contributed by atoms with E-state index >= 15 is 0 Å². The van der Waals surface area contributed by atoms with Crippen LogP contribution in [0.3, 0.4) is 0 Å². The van der Waals surface area contributed by atoms with Gasteiger partial charge in [-0.3, -0.25) is 4.79 Å². The third-order valence-electron chi connectivity index (χ3n) is 6.19. The number of halogens is 3. The fraction of sp³-hybridized carbons (Fsp3) is 0.444. The molecule has 1 aliphatic rings. The fourth-order valence-electron chi connectivity index (χ4n) is 4.60. The lowest BCUT2D eigenvalue weighted by Crippen LogP contribution is -2.23. The van der Waals surface area contributed by atoms with Gasteiger partial charge in [-0.1, -0.05) is 31.5 Å². The monoisotopic (exact) mass is 540 g/mol. The highest BCUT2D eigenvalue weighted by Gasteiger charge is 2.33. The lowest BCUT2D eigenvalue weighted by atomic mass is 9.79. The fourth-order valence-corrected chi connectivity index (χ4v) is 6.13. The van der Waals surface area contributed by atoms with E-state index in [-0.39, 0.29) is 23.9 Å². The molecule has 0 amide bonds. The zero-order valence-corrected chi connectivity index (χ0v) is 22.5. The molecule has 3 rings (SSSR count). The molecule has 0 heterocycles. The van der Waals surface area contributed by atoms with Crippen LogP contribution in [0.4, 0.5) is 13.2 Å². The smallest absolute Gasteiger partial charge is 0.386 e. The average molecular weight is 541 g/mol. The van der Waals surface area contributed by atoms with Crippen molar-refractivity contribution in [3.63, 3.8) is 0 Å². The number of hydrogen-bond acceptors (Lipinski definition) is 5. The Morgan fingerprint density at radius 3 is 2.11 bits per heavy atom. The molecule has 0 fully saturated rings. The number of benzene rings is 2. The minimum Gasteiger partial charge on any atom is -0.386 e. The summed E-state index contributed by atoms with van der Waals surface area (Å²) in [6.07, 6.45) is -0.848. The highest BCUT2D eigenvalue weighted by molar-refractivity contribution is 7.99. The minimum absolute atomic E-state index is 0.124.